The third kappa shape index (κ3) is 2.73. The molecule has 14 heavy (non-hydrogen) atoms. The summed E-state index contributed by atoms with van der Waals surface area (Å²) in [4.78, 5) is 0. The summed E-state index contributed by atoms with van der Waals surface area (Å²) < 4.78 is 0. The Kier molecular flexibility index (Phi) is 2.94. The van der Waals surface area contributed by atoms with Crippen molar-refractivity contribution in [2.24, 2.45) is 0 Å². The monoisotopic (exact) mass is 182 g/mol. The molecule has 1 aromatic rings. The molecular formula is C10H18B4. The molecule has 70 valence electrons. The van der Waals surface area contributed by atoms with Crippen LogP contribution >= 0.6 is 0 Å². The van der Waals surface area contributed by atoms with Gasteiger partial charge in [-0.2, -0.15) is 0 Å². The van der Waals surface area contributed by atoms with Gasteiger partial charge in [0, 0.05) is 0 Å². The molecule has 1 rings (SSSR count). The Bertz CT molecular complexity index is 290. The predicted octanol–water partition coefficient (Wildman–Crippen LogP) is -1.44. The van der Waals surface area contributed by atoms with E-state index in [4.69, 9.17) is 0 Å². The third-order valence-corrected chi connectivity index (χ3v) is 2.59. The van der Waals surface area contributed by atoms with Gasteiger partial charge in [0.2, 0.25) is 0 Å². The highest BCUT2D eigenvalue weighted by molar-refractivity contribution is 6.58. The minimum Gasteiger partial charge on any atom is -0.0863 e. The Hall–Kier alpha value is -0.520. The van der Waals surface area contributed by atoms with Crippen molar-refractivity contribution in [2.75, 3.05) is 0 Å². The van der Waals surface area contributed by atoms with Crippen LogP contribution in [0.4, 0.5) is 0 Å². The fraction of sp³-hybridized carbons (Fsp3) is 0.400. The van der Waals surface area contributed by atoms with Crippen molar-refractivity contribution in [3.05, 3.63) is 35.4 Å². The van der Waals surface area contributed by atoms with E-state index in [9.17, 15) is 0 Å². The zero-order valence-electron chi connectivity index (χ0n) is 10.3. The molecular weight excluding hydrogens is 163 g/mol. The van der Waals surface area contributed by atoms with Crippen molar-refractivity contribution in [3.63, 3.8) is 0 Å². The van der Waals surface area contributed by atoms with E-state index in [1.807, 2.05) is 0 Å². The number of rotatable bonds is 2. The summed E-state index contributed by atoms with van der Waals surface area (Å²) in [5, 5.41) is 0.502. The first-order valence-corrected chi connectivity index (χ1v) is 5.32. The molecule has 0 aliphatic heterocycles. The van der Waals surface area contributed by atoms with Crippen LogP contribution in [0.1, 0.15) is 25.0 Å². The van der Waals surface area contributed by atoms with Crippen LogP contribution in [0.3, 0.4) is 0 Å². The first-order valence-electron chi connectivity index (χ1n) is 5.32. The lowest BCUT2D eigenvalue weighted by molar-refractivity contribution is 0.762. The van der Waals surface area contributed by atoms with Crippen molar-refractivity contribution >= 4 is 31.4 Å². The molecule has 0 aliphatic rings. The average molecular weight is 182 g/mol. The van der Waals surface area contributed by atoms with Gasteiger partial charge in [-0.1, -0.05) is 54.4 Å². The molecule has 0 radical (unpaired) electrons. The highest BCUT2D eigenvalue weighted by Gasteiger charge is 2.18. The molecule has 0 saturated heterocycles. The van der Waals surface area contributed by atoms with Gasteiger partial charge in [0.1, 0.15) is 7.85 Å². The van der Waals surface area contributed by atoms with E-state index in [1.165, 1.54) is 11.1 Å². The first-order chi connectivity index (χ1) is 6.21. The molecule has 0 fully saturated rings. The van der Waals surface area contributed by atoms with Gasteiger partial charge in [0.25, 0.3) is 0 Å². The van der Waals surface area contributed by atoms with Gasteiger partial charge >= 0.3 is 0 Å². The Morgan fingerprint density at radius 3 is 1.86 bits per heavy atom. The second-order valence-electron chi connectivity index (χ2n) is 6.08. The molecule has 0 heterocycles. The number of benzene rings is 1. The van der Waals surface area contributed by atoms with E-state index >= 15 is 0 Å². The summed E-state index contributed by atoms with van der Waals surface area (Å²) in [6, 6.07) is 8.94. The molecule has 4 heteroatoms. The van der Waals surface area contributed by atoms with Crippen LogP contribution in [0.25, 0.3) is 0 Å². The lowest BCUT2D eigenvalue weighted by Crippen LogP contribution is -2.28. The molecule has 0 aromatic heterocycles. The number of hydrogen-bond donors (Lipinski definition) is 0. The van der Waals surface area contributed by atoms with Crippen molar-refractivity contribution in [1.29, 1.82) is 0 Å². The summed E-state index contributed by atoms with van der Waals surface area (Å²) in [7, 11) is 9.03. The van der Waals surface area contributed by atoms with Crippen LogP contribution in [0, 0.1) is 0 Å². The summed E-state index contributed by atoms with van der Waals surface area (Å²) in [6.07, 6.45) is 0. The van der Waals surface area contributed by atoms with Gasteiger partial charge < -0.3 is 0 Å². The standard InChI is InChI=1S/C10H18B4/c1-9(2,11)7-4-3-5-8(6-7)10(12,13)14/h3-6H,11-14H2,1-2H3. The van der Waals surface area contributed by atoms with Crippen LogP contribution in [0.15, 0.2) is 24.3 Å². The predicted molar refractivity (Wildman–Crippen MR) is 75.3 cm³/mol. The van der Waals surface area contributed by atoms with Crippen molar-refractivity contribution in [2.45, 2.75) is 24.3 Å². The normalized spacial score (nSPS) is 12.7. The third-order valence-electron chi connectivity index (χ3n) is 2.59. The summed E-state index contributed by atoms with van der Waals surface area (Å²) in [5.41, 5.74) is 2.84. The maximum Gasteiger partial charge on any atom is 0.114 e. The fourth-order valence-electron chi connectivity index (χ4n) is 1.45. The Morgan fingerprint density at radius 1 is 0.929 bits per heavy atom. The van der Waals surface area contributed by atoms with E-state index < -0.39 is 0 Å². The Balaban J connectivity index is 3.15. The second kappa shape index (κ2) is 3.56. The van der Waals surface area contributed by atoms with Crippen LogP contribution in [-0.4, -0.2) is 31.4 Å². The first kappa shape index (κ1) is 11.6. The van der Waals surface area contributed by atoms with Crippen LogP contribution in [0.2, 0.25) is 0 Å². The molecule has 0 amide bonds. The van der Waals surface area contributed by atoms with Gasteiger partial charge in [0.15, 0.2) is 0 Å². The zero-order valence-corrected chi connectivity index (χ0v) is 10.3. The molecule has 0 nitrogen and oxygen atoms in total. The van der Waals surface area contributed by atoms with Crippen LogP contribution in [0.5, 0.6) is 0 Å². The minimum atomic E-state index is 0.251. The summed E-state index contributed by atoms with van der Waals surface area (Å²) in [6.45, 7) is 4.52. The minimum absolute atomic E-state index is 0.251. The summed E-state index contributed by atoms with van der Waals surface area (Å²) >= 11 is 0. The molecule has 0 saturated carbocycles. The van der Waals surface area contributed by atoms with E-state index in [2.05, 4.69) is 69.5 Å². The molecule has 0 atom stereocenters. The van der Waals surface area contributed by atoms with Crippen LogP contribution < -0.4 is 0 Å². The molecule has 1 aromatic carbocycles. The lowest BCUT2D eigenvalue weighted by Gasteiger charge is -2.24. The SMILES string of the molecule is BC(B)(B)c1cccc(C(B)(C)C)c1. The van der Waals surface area contributed by atoms with Crippen molar-refractivity contribution in [1.82, 2.24) is 0 Å². The maximum atomic E-state index is 2.33. The van der Waals surface area contributed by atoms with Gasteiger partial charge in [0.05, 0.1) is 23.5 Å². The van der Waals surface area contributed by atoms with Gasteiger partial charge in [-0.15, -0.1) is 0 Å². The fourth-order valence-corrected chi connectivity index (χ4v) is 1.45. The molecule has 0 bridgehead atoms. The Labute approximate surface area is 91.5 Å². The number of hydrogen-bond acceptors (Lipinski definition) is 0. The van der Waals surface area contributed by atoms with Gasteiger partial charge in [-0.3, -0.25) is 0 Å². The van der Waals surface area contributed by atoms with Gasteiger partial charge in [-0.25, -0.2) is 0 Å². The Morgan fingerprint density at radius 2 is 1.43 bits per heavy atom. The largest absolute Gasteiger partial charge is 0.114 e. The average Bonchev–Trinajstić information content (AvgIpc) is 2.01. The van der Waals surface area contributed by atoms with E-state index in [-0.39, 0.29) is 10.4 Å². The van der Waals surface area contributed by atoms with E-state index in [0.29, 0.717) is 0 Å². The molecule has 0 N–H and O–H groups in total. The highest BCUT2D eigenvalue weighted by Crippen LogP contribution is 2.23. The smallest absolute Gasteiger partial charge is 0.0863 e. The topological polar surface area (TPSA) is 0 Å². The van der Waals surface area contributed by atoms with E-state index in [0.717, 1.165) is 0 Å². The summed E-state index contributed by atoms with van der Waals surface area (Å²) in [5.74, 6) is 0. The maximum absolute atomic E-state index is 2.33. The quantitative estimate of drug-likeness (QED) is 0.491. The second-order valence-corrected chi connectivity index (χ2v) is 6.08. The van der Waals surface area contributed by atoms with Crippen molar-refractivity contribution in [3.8, 4) is 0 Å². The molecule has 0 spiro atoms. The lowest BCUT2D eigenvalue weighted by atomic mass is 9.40. The zero-order chi connectivity index (χ0) is 11.0. The van der Waals surface area contributed by atoms with E-state index in [1.54, 1.807) is 0 Å². The molecule has 0 unspecified atom stereocenters. The van der Waals surface area contributed by atoms with Crippen molar-refractivity contribution < 1.29 is 0 Å². The van der Waals surface area contributed by atoms with Gasteiger partial charge in [-0.05, 0) is 5.31 Å². The molecule has 0 aliphatic carbocycles. The van der Waals surface area contributed by atoms with Crippen LogP contribution in [-0.2, 0) is 10.4 Å². The highest BCUT2D eigenvalue weighted by atomic mass is 14.1.